The molecule has 0 radical (unpaired) electrons. The van der Waals surface area contributed by atoms with E-state index < -0.39 is 0 Å². The quantitative estimate of drug-likeness (QED) is 0.800. The van der Waals surface area contributed by atoms with Crippen LogP contribution in [0, 0.1) is 6.92 Å². The highest BCUT2D eigenvalue weighted by atomic mass is 79.9. The second-order valence-electron chi connectivity index (χ2n) is 5.30. The molecule has 2 aromatic rings. The fourth-order valence-electron chi connectivity index (χ4n) is 2.39. The van der Waals surface area contributed by atoms with Crippen molar-refractivity contribution < 1.29 is 0 Å². The van der Waals surface area contributed by atoms with E-state index in [1.807, 2.05) is 7.05 Å². The van der Waals surface area contributed by atoms with Crippen LogP contribution in [0.1, 0.15) is 31.0 Å². The summed E-state index contributed by atoms with van der Waals surface area (Å²) in [6, 6.07) is 15.6. The van der Waals surface area contributed by atoms with Crippen LogP contribution in [0.5, 0.6) is 0 Å². The molecule has 0 aliphatic rings. The van der Waals surface area contributed by atoms with E-state index in [9.17, 15) is 0 Å². The SMILES string of the molecule is CCN(c1ccc(C)cc1)c1ccc(C(C)NC)cc1Br. The van der Waals surface area contributed by atoms with Crippen LogP contribution in [-0.4, -0.2) is 13.6 Å². The lowest BCUT2D eigenvalue weighted by Gasteiger charge is -2.25. The van der Waals surface area contributed by atoms with Gasteiger partial charge in [-0.15, -0.1) is 0 Å². The first kappa shape index (κ1) is 16.1. The second-order valence-corrected chi connectivity index (χ2v) is 6.16. The molecule has 3 heteroatoms. The largest absolute Gasteiger partial charge is 0.341 e. The molecule has 0 saturated heterocycles. The Labute approximate surface area is 136 Å². The van der Waals surface area contributed by atoms with Gasteiger partial charge in [0.15, 0.2) is 0 Å². The van der Waals surface area contributed by atoms with Crippen molar-refractivity contribution in [2.45, 2.75) is 26.8 Å². The van der Waals surface area contributed by atoms with Crippen LogP contribution in [0.2, 0.25) is 0 Å². The smallest absolute Gasteiger partial charge is 0.0555 e. The number of rotatable bonds is 5. The Morgan fingerprint density at radius 1 is 1.14 bits per heavy atom. The van der Waals surface area contributed by atoms with Crippen LogP contribution in [0.25, 0.3) is 0 Å². The van der Waals surface area contributed by atoms with Crippen molar-refractivity contribution in [1.82, 2.24) is 5.32 Å². The minimum Gasteiger partial charge on any atom is -0.341 e. The van der Waals surface area contributed by atoms with Gasteiger partial charge < -0.3 is 10.2 Å². The highest BCUT2D eigenvalue weighted by Crippen LogP contribution is 2.34. The maximum Gasteiger partial charge on any atom is 0.0555 e. The van der Waals surface area contributed by atoms with Gasteiger partial charge in [-0.25, -0.2) is 0 Å². The molecule has 0 saturated carbocycles. The van der Waals surface area contributed by atoms with Crippen LogP contribution >= 0.6 is 15.9 Å². The summed E-state index contributed by atoms with van der Waals surface area (Å²) < 4.78 is 1.13. The molecule has 0 aromatic heterocycles. The average Bonchev–Trinajstić information content (AvgIpc) is 2.50. The number of hydrogen-bond acceptors (Lipinski definition) is 2. The molecule has 2 aromatic carbocycles. The van der Waals surface area contributed by atoms with Gasteiger partial charge >= 0.3 is 0 Å². The molecule has 0 bridgehead atoms. The number of benzene rings is 2. The van der Waals surface area contributed by atoms with Gasteiger partial charge in [-0.2, -0.15) is 0 Å². The van der Waals surface area contributed by atoms with Crippen LogP contribution in [0.15, 0.2) is 46.9 Å². The second kappa shape index (κ2) is 7.10. The van der Waals surface area contributed by atoms with Gasteiger partial charge in [-0.05, 0) is 73.6 Å². The first-order valence-corrected chi connectivity index (χ1v) is 8.17. The minimum absolute atomic E-state index is 0.352. The number of aryl methyl sites for hydroxylation is 1. The average molecular weight is 347 g/mol. The Balaban J connectivity index is 2.36. The zero-order valence-electron chi connectivity index (χ0n) is 13.2. The van der Waals surface area contributed by atoms with Crippen molar-refractivity contribution in [2.24, 2.45) is 0 Å². The van der Waals surface area contributed by atoms with E-state index in [1.54, 1.807) is 0 Å². The molecule has 112 valence electrons. The Morgan fingerprint density at radius 3 is 2.33 bits per heavy atom. The molecule has 1 atom stereocenters. The summed E-state index contributed by atoms with van der Waals surface area (Å²) in [5, 5.41) is 3.27. The standard InChI is InChI=1S/C18H23BrN2/c1-5-21(16-9-6-13(2)7-10-16)18-11-8-15(12-17(18)19)14(3)20-4/h6-12,14,20H,5H2,1-4H3. The number of nitrogens with zero attached hydrogens (tertiary/aromatic N) is 1. The van der Waals surface area contributed by atoms with E-state index in [2.05, 4.69) is 89.4 Å². The maximum atomic E-state index is 3.73. The van der Waals surface area contributed by atoms with Crippen molar-refractivity contribution >= 4 is 27.3 Å². The molecular formula is C18H23BrN2. The van der Waals surface area contributed by atoms with E-state index in [-0.39, 0.29) is 0 Å². The summed E-state index contributed by atoms with van der Waals surface area (Å²) >= 11 is 3.73. The molecule has 0 amide bonds. The molecule has 0 heterocycles. The fourth-order valence-corrected chi connectivity index (χ4v) is 3.01. The van der Waals surface area contributed by atoms with Crippen molar-refractivity contribution in [3.8, 4) is 0 Å². The molecule has 1 unspecified atom stereocenters. The lowest BCUT2D eigenvalue weighted by atomic mass is 10.1. The van der Waals surface area contributed by atoms with Crippen molar-refractivity contribution in [3.63, 3.8) is 0 Å². The number of hydrogen-bond donors (Lipinski definition) is 1. The van der Waals surface area contributed by atoms with E-state index >= 15 is 0 Å². The summed E-state index contributed by atoms with van der Waals surface area (Å²) in [6.07, 6.45) is 0. The lowest BCUT2D eigenvalue weighted by molar-refractivity contribution is 0.652. The molecule has 1 N–H and O–H groups in total. The van der Waals surface area contributed by atoms with Crippen molar-refractivity contribution in [3.05, 3.63) is 58.1 Å². The van der Waals surface area contributed by atoms with Crippen LogP contribution < -0.4 is 10.2 Å². The van der Waals surface area contributed by atoms with Crippen LogP contribution in [-0.2, 0) is 0 Å². The third-order valence-electron chi connectivity index (χ3n) is 3.86. The molecule has 0 aliphatic heterocycles. The predicted molar refractivity (Wildman–Crippen MR) is 95.5 cm³/mol. The van der Waals surface area contributed by atoms with Gasteiger partial charge in [0.05, 0.1) is 5.69 Å². The highest BCUT2D eigenvalue weighted by molar-refractivity contribution is 9.10. The topological polar surface area (TPSA) is 15.3 Å². The summed E-state index contributed by atoms with van der Waals surface area (Å²) in [4.78, 5) is 2.32. The van der Waals surface area contributed by atoms with Crippen molar-refractivity contribution in [2.75, 3.05) is 18.5 Å². The Bertz CT molecular complexity index is 593. The minimum atomic E-state index is 0.352. The zero-order valence-corrected chi connectivity index (χ0v) is 14.7. The molecule has 0 spiro atoms. The Kier molecular flexibility index (Phi) is 5.43. The van der Waals surface area contributed by atoms with Gasteiger partial charge in [-0.3, -0.25) is 0 Å². The third-order valence-corrected chi connectivity index (χ3v) is 4.49. The molecule has 0 aliphatic carbocycles. The Morgan fingerprint density at radius 2 is 1.81 bits per heavy atom. The molecule has 2 rings (SSSR count). The molecule has 2 nitrogen and oxygen atoms in total. The van der Waals surface area contributed by atoms with E-state index in [1.165, 1.54) is 22.5 Å². The van der Waals surface area contributed by atoms with E-state index in [4.69, 9.17) is 0 Å². The van der Waals surface area contributed by atoms with E-state index in [0.29, 0.717) is 6.04 Å². The molecule has 21 heavy (non-hydrogen) atoms. The van der Waals surface area contributed by atoms with Crippen LogP contribution in [0.4, 0.5) is 11.4 Å². The maximum absolute atomic E-state index is 3.73. The lowest BCUT2D eigenvalue weighted by Crippen LogP contribution is -2.17. The van der Waals surface area contributed by atoms with Gasteiger partial charge in [-0.1, -0.05) is 23.8 Å². The number of halogens is 1. The summed E-state index contributed by atoms with van der Waals surface area (Å²) in [7, 11) is 1.98. The fraction of sp³-hybridized carbons (Fsp3) is 0.333. The number of nitrogens with one attached hydrogen (secondary N) is 1. The highest BCUT2D eigenvalue weighted by Gasteiger charge is 2.12. The molecular weight excluding hydrogens is 324 g/mol. The van der Waals surface area contributed by atoms with Gasteiger partial charge in [0.1, 0.15) is 0 Å². The summed E-state index contributed by atoms with van der Waals surface area (Å²) in [6.45, 7) is 7.39. The normalized spacial score (nSPS) is 12.2. The van der Waals surface area contributed by atoms with Gasteiger partial charge in [0.2, 0.25) is 0 Å². The first-order valence-electron chi connectivity index (χ1n) is 7.37. The number of anilines is 2. The third kappa shape index (κ3) is 3.66. The monoisotopic (exact) mass is 346 g/mol. The molecule has 0 fully saturated rings. The predicted octanol–water partition coefficient (Wildman–Crippen LogP) is 5.20. The summed E-state index contributed by atoms with van der Waals surface area (Å²) in [5.41, 5.74) is 4.99. The summed E-state index contributed by atoms with van der Waals surface area (Å²) in [5.74, 6) is 0. The van der Waals surface area contributed by atoms with E-state index in [0.717, 1.165) is 11.0 Å². The van der Waals surface area contributed by atoms with Crippen molar-refractivity contribution in [1.29, 1.82) is 0 Å². The first-order chi connectivity index (χ1) is 10.1. The zero-order chi connectivity index (χ0) is 15.4. The van der Waals surface area contributed by atoms with Gasteiger partial charge in [0, 0.05) is 22.7 Å². The Hall–Kier alpha value is -1.32. The van der Waals surface area contributed by atoms with Crippen LogP contribution in [0.3, 0.4) is 0 Å². The van der Waals surface area contributed by atoms with Gasteiger partial charge in [0.25, 0.3) is 0 Å².